The summed E-state index contributed by atoms with van der Waals surface area (Å²) in [7, 11) is 3.89. The van der Waals surface area contributed by atoms with Crippen LogP contribution in [0.4, 0.5) is 5.69 Å². The van der Waals surface area contributed by atoms with Gasteiger partial charge in [0.05, 0.1) is 23.9 Å². The first-order valence-electron chi connectivity index (χ1n) is 9.59. The minimum atomic E-state index is -0.322. The quantitative estimate of drug-likeness (QED) is 0.770. The largest absolute Gasteiger partial charge is 0.494 e. The molecule has 6 heteroatoms. The Morgan fingerprint density at radius 3 is 2.38 bits per heavy atom. The molecule has 0 aromatic heterocycles. The predicted octanol–water partition coefficient (Wildman–Crippen LogP) is 2.27. The second kappa shape index (κ2) is 7.15. The third-order valence-corrected chi connectivity index (χ3v) is 5.70. The fraction of sp³-hybridized carbons (Fsp3) is 0.700. The van der Waals surface area contributed by atoms with E-state index in [1.165, 1.54) is 11.3 Å². The molecule has 5 nitrogen and oxygen atoms in total. The Bertz CT molecular complexity index is 632. The molecule has 26 heavy (non-hydrogen) atoms. The van der Waals surface area contributed by atoms with Crippen LogP contribution in [0.1, 0.15) is 40.2 Å². The van der Waals surface area contributed by atoms with Gasteiger partial charge in [-0.15, -0.1) is 0 Å². The van der Waals surface area contributed by atoms with Gasteiger partial charge in [0.25, 0.3) is 0 Å². The van der Waals surface area contributed by atoms with Crippen LogP contribution in [0.25, 0.3) is 0 Å². The summed E-state index contributed by atoms with van der Waals surface area (Å²) >= 11 is 0. The molecule has 2 saturated heterocycles. The average Bonchev–Trinajstić information content (AvgIpc) is 2.75. The molecule has 0 aliphatic carbocycles. The maximum Gasteiger partial charge on any atom is 0.494 e. The van der Waals surface area contributed by atoms with Crippen molar-refractivity contribution in [1.82, 2.24) is 4.90 Å². The molecule has 2 heterocycles. The highest BCUT2D eigenvalue weighted by atomic mass is 16.7. The number of nitrogens with zero attached hydrogens (tertiary/aromatic N) is 2. The molecule has 144 valence electrons. The molecule has 0 unspecified atom stereocenters. The van der Waals surface area contributed by atoms with E-state index in [0.717, 1.165) is 31.7 Å². The number of morpholine rings is 1. The first-order chi connectivity index (χ1) is 12.1. The Morgan fingerprint density at radius 1 is 1.15 bits per heavy atom. The topological polar surface area (TPSA) is 34.2 Å². The number of anilines is 1. The average molecular weight is 360 g/mol. The molecule has 3 rings (SSSR count). The van der Waals surface area contributed by atoms with Crippen molar-refractivity contribution in [2.45, 2.75) is 58.5 Å². The highest BCUT2D eigenvalue weighted by Gasteiger charge is 2.51. The Balaban J connectivity index is 1.89. The molecule has 1 aromatic rings. The van der Waals surface area contributed by atoms with Gasteiger partial charge in [-0.25, -0.2) is 0 Å². The Labute approximate surface area is 158 Å². The maximum absolute atomic E-state index is 6.24. The lowest BCUT2D eigenvalue weighted by molar-refractivity contribution is 0.00578. The van der Waals surface area contributed by atoms with Crippen molar-refractivity contribution in [2.24, 2.45) is 0 Å². The van der Waals surface area contributed by atoms with Crippen LogP contribution in [0.3, 0.4) is 0 Å². The van der Waals surface area contributed by atoms with Crippen LogP contribution in [0.2, 0.25) is 0 Å². The molecule has 1 atom stereocenters. The normalized spacial score (nSPS) is 25.2. The van der Waals surface area contributed by atoms with Gasteiger partial charge >= 0.3 is 7.12 Å². The first-order valence-corrected chi connectivity index (χ1v) is 9.59. The lowest BCUT2D eigenvalue weighted by Crippen LogP contribution is -2.42. The molecule has 2 aliphatic rings. The van der Waals surface area contributed by atoms with Crippen molar-refractivity contribution < 1.29 is 14.0 Å². The van der Waals surface area contributed by atoms with Crippen LogP contribution in [-0.2, 0) is 20.6 Å². The second-order valence-electron chi connectivity index (χ2n) is 8.84. The lowest BCUT2D eigenvalue weighted by Gasteiger charge is -2.35. The summed E-state index contributed by atoms with van der Waals surface area (Å²) in [6.45, 7) is 14.0. The molecule has 0 N–H and O–H groups in total. The third kappa shape index (κ3) is 3.93. The van der Waals surface area contributed by atoms with Gasteiger partial charge in [-0.05, 0) is 65.8 Å². The SMILES string of the molecule is C[C@H]1CN(c2ccc(B3OC(C)(C)C(C)(C)O3)cc2CN(C)C)CCO1. The van der Waals surface area contributed by atoms with Gasteiger partial charge < -0.3 is 23.8 Å². The van der Waals surface area contributed by atoms with Gasteiger partial charge in [0.1, 0.15) is 0 Å². The summed E-state index contributed by atoms with van der Waals surface area (Å²) in [6, 6.07) is 6.62. The van der Waals surface area contributed by atoms with E-state index in [2.05, 4.69) is 76.7 Å². The lowest BCUT2D eigenvalue weighted by atomic mass is 9.78. The van der Waals surface area contributed by atoms with E-state index < -0.39 is 0 Å². The van der Waals surface area contributed by atoms with E-state index in [1.807, 2.05) is 0 Å². The highest BCUT2D eigenvalue weighted by Crippen LogP contribution is 2.36. The second-order valence-corrected chi connectivity index (χ2v) is 8.84. The summed E-state index contributed by atoms with van der Waals surface area (Å²) in [5.41, 5.74) is 3.03. The number of benzene rings is 1. The molecule has 1 aromatic carbocycles. The summed E-state index contributed by atoms with van der Waals surface area (Å²) < 4.78 is 18.2. The van der Waals surface area contributed by atoms with Crippen molar-refractivity contribution in [1.29, 1.82) is 0 Å². The van der Waals surface area contributed by atoms with Crippen molar-refractivity contribution in [3.63, 3.8) is 0 Å². The molecule has 2 fully saturated rings. The van der Waals surface area contributed by atoms with Crippen LogP contribution in [0.5, 0.6) is 0 Å². The maximum atomic E-state index is 6.24. The van der Waals surface area contributed by atoms with Crippen LogP contribution in [0.15, 0.2) is 18.2 Å². The van der Waals surface area contributed by atoms with E-state index in [1.54, 1.807) is 0 Å². The molecular formula is C20H33BN2O3. The fourth-order valence-corrected chi connectivity index (χ4v) is 3.54. The Morgan fingerprint density at radius 2 is 1.81 bits per heavy atom. The number of rotatable bonds is 4. The molecule has 0 spiro atoms. The zero-order valence-electron chi connectivity index (χ0n) is 17.3. The van der Waals surface area contributed by atoms with Gasteiger partial charge in [0, 0.05) is 25.3 Å². The zero-order valence-corrected chi connectivity index (χ0v) is 17.3. The summed E-state index contributed by atoms with van der Waals surface area (Å²) in [5, 5.41) is 0. The van der Waals surface area contributed by atoms with E-state index in [-0.39, 0.29) is 24.4 Å². The minimum Gasteiger partial charge on any atom is -0.399 e. The predicted molar refractivity (Wildman–Crippen MR) is 107 cm³/mol. The molecule has 0 bridgehead atoms. The first kappa shape index (κ1) is 19.7. The van der Waals surface area contributed by atoms with Gasteiger partial charge in [-0.1, -0.05) is 12.1 Å². The van der Waals surface area contributed by atoms with Gasteiger partial charge in [-0.3, -0.25) is 0 Å². The number of hydrogen-bond acceptors (Lipinski definition) is 5. The third-order valence-electron chi connectivity index (χ3n) is 5.70. The Kier molecular flexibility index (Phi) is 5.41. The van der Waals surface area contributed by atoms with Crippen LogP contribution in [-0.4, -0.2) is 63.1 Å². The van der Waals surface area contributed by atoms with Gasteiger partial charge in [0.2, 0.25) is 0 Å². The van der Waals surface area contributed by atoms with Crippen LogP contribution in [0, 0.1) is 0 Å². The van der Waals surface area contributed by atoms with Crippen molar-refractivity contribution in [2.75, 3.05) is 38.7 Å². The van der Waals surface area contributed by atoms with Gasteiger partial charge in [0.15, 0.2) is 0 Å². The molecular weight excluding hydrogens is 327 g/mol. The van der Waals surface area contributed by atoms with Crippen LogP contribution < -0.4 is 10.4 Å². The Hall–Kier alpha value is -1.08. The molecule has 0 saturated carbocycles. The van der Waals surface area contributed by atoms with Crippen molar-refractivity contribution in [3.05, 3.63) is 23.8 Å². The van der Waals surface area contributed by atoms with E-state index >= 15 is 0 Å². The number of hydrogen-bond donors (Lipinski definition) is 0. The summed E-state index contributed by atoms with van der Waals surface area (Å²) in [4.78, 5) is 4.64. The zero-order chi connectivity index (χ0) is 19.1. The monoisotopic (exact) mass is 360 g/mol. The van der Waals surface area contributed by atoms with Gasteiger partial charge in [-0.2, -0.15) is 0 Å². The molecule has 0 radical (unpaired) electrons. The minimum absolute atomic E-state index is 0.263. The fourth-order valence-electron chi connectivity index (χ4n) is 3.54. The standard InChI is InChI=1S/C20H33BN2O3/c1-15-13-23(10-11-24-15)18-9-8-17(12-16(18)14-22(6)7)21-25-19(2,3)20(4,5)26-21/h8-9,12,15H,10-11,13-14H2,1-7H3/t15-/m0/s1. The number of ether oxygens (including phenoxy) is 1. The molecule has 2 aliphatic heterocycles. The van der Waals surface area contributed by atoms with E-state index in [9.17, 15) is 0 Å². The van der Waals surface area contributed by atoms with E-state index in [4.69, 9.17) is 14.0 Å². The van der Waals surface area contributed by atoms with E-state index in [0.29, 0.717) is 0 Å². The smallest absolute Gasteiger partial charge is 0.399 e. The van der Waals surface area contributed by atoms with Crippen molar-refractivity contribution in [3.8, 4) is 0 Å². The van der Waals surface area contributed by atoms with Crippen LogP contribution >= 0.6 is 0 Å². The molecule has 0 amide bonds. The highest BCUT2D eigenvalue weighted by molar-refractivity contribution is 6.62. The van der Waals surface area contributed by atoms with Crippen molar-refractivity contribution >= 4 is 18.3 Å². The summed E-state index contributed by atoms with van der Waals surface area (Å²) in [6.07, 6.45) is 0.263. The summed E-state index contributed by atoms with van der Waals surface area (Å²) in [5.74, 6) is 0.